The Labute approximate surface area is 123 Å². The highest BCUT2D eigenvalue weighted by molar-refractivity contribution is 5.37. The molecule has 3 nitrogen and oxygen atoms in total. The molecule has 1 atom stereocenters. The first kappa shape index (κ1) is 17.0. The largest absolute Gasteiger partial charge is 0.493 e. The summed E-state index contributed by atoms with van der Waals surface area (Å²) in [6.45, 7) is 7.02. The number of aliphatic hydroxyl groups is 1. The van der Waals surface area contributed by atoms with Crippen LogP contribution in [0.15, 0.2) is 24.3 Å². The van der Waals surface area contributed by atoms with Gasteiger partial charge in [0, 0.05) is 5.56 Å². The molecule has 1 N–H and O–H groups in total. The summed E-state index contributed by atoms with van der Waals surface area (Å²) in [5.74, 6) is 0.801. The molecule has 0 aromatic heterocycles. The van der Waals surface area contributed by atoms with Gasteiger partial charge in [-0.15, -0.1) is 0 Å². The summed E-state index contributed by atoms with van der Waals surface area (Å²) in [6, 6.07) is 7.83. The third kappa shape index (κ3) is 3.33. The topological polar surface area (TPSA) is 32.7 Å². The van der Waals surface area contributed by atoms with Crippen molar-refractivity contribution in [2.45, 2.75) is 51.7 Å². The van der Waals surface area contributed by atoms with Crippen LogP contribution in [0, 0.1) is 0 Å². The molecule has 0 radical (unpaired) electrons. The summed E-state index contributed by atoms with van der Waals surface area (Å²) in [5.41, 5.74) is 0.629. The normalized spacial score (nSPS) is 13.6. The van der Waals surface area contributed by atoms with Crippen LogP contribution in [0.25, 0.3) is 0 Å². The quantitative estimate of drug-likeness (QED) is 0.788. The maximum absolute atomic E-state index is 11.0. The lowest BCUT2D eigenvalue weighted by atomic mass is 9.81. The zero-order chi connectivity index (χ0) is 15.2. The van der Waals surface area contributed by atoms with Gasteiger partial charge in [-0.25, -0.2) is 0 Å². The highest BCUT2D eigenvalue weighted by Gasteiger charge is 2.38. The van der Waals surface area contributed by atoms with Crippen molar-refractivity contribution in [2.24, 2.45) is 0 Å². The fourth-order valence-electron chi connectivity index (χ4n) is 2.85. The van der Waals surface area contributed by atoms with E-state index in [9.17, 15) is 5.11 Å². The lowest BCUT2D eigenvalue weighted by molar-refractivity contribution is -0.0163. The Morgan fingerprint density at radius 3 is 2.25 bits per heavy atom. The van der Waals surface area contributed by atoms with Crippen LogP contribution in [0.3, 0.4) is 0 Å². The molecule has 0 amide bonds. The molecular formula is C17H29NO2. The van der Waals surface area contributed by atoms with E-state index in [-0.39, 0.29) is 5.54 Å². The molecule has 0 aliphatic rings. The summed E-state index contributed by atoms with van der Waals surface area (Å²) in [4.78, 5) is 2.13. The van der Waals surface area contributed by atoms with E-state index in [0.717, 1.165) is 30.6 Å². The van der Waals surface area contributed by atoms with Crippen molar-refractivity contribution in [3.05, 3.63) is 29.8 Å². The van der Waals surface area contributed by atoms with Gasteiger partial charge in [-0.1, -0.05) is 39.0 Å². The molecule has 1 aromatic carbocycles. The number of ether oxygens (including phenoxy) is 1. The van der Waals surface area contributed by atoms with Crippen LogP contribution in [0.2, 0.25) is 0 Å². The number of aliphatic hydroxyl groups excluding tert-OH is 1. The molecule has 0 spiro atoms. The number of hydrogen-bond acceptors (Lipinski definition) is 3. The Balaban J connectivity index is 3.15. The van der Waals surface area contributed by atoms with Crippen molar-refractivity contribution >= 4 is 0 Å². The van der Waals surface area contributed by atoms with Crippen LogP contribution in [0.5, 0.6) is 5.75 Å². The highest BCUT2D eigenvalue weighted by Crippen LogP contribution is 2.39. The maximum atomic E-state index is 11.0. The van der Waals surface area contributed by atoms with Gasteiger partial charge in [-0.05, 0) is 39.4 Å². The summed E-state index contributed by atoms with van der Waals surface area (Å²) in [6.07, 6.45) is 2.19. The zero-order valence-electron chi connectivity index (χ0n) is 13.5. The molecule has 114 valence electrons. The van der Waals surface area contributed by atoms with Crippen molar-refractivity contribution in [1.29, 1.82) is 0 Å². The summed E-state index contributed by atoms with van der Waals surface area (Å²) < 4.78 is 5.79. The zero-order valence-corrected chi connectivity index (χ0v) is 13.5. The van der Waals surface area contributed by atoms with Crippen molar-refractivity contribution in [3.8, 4) is 5.75 Å². The van der Waals surface area contributed by atoms with Crippen molar-refractivity contribution in [1.82, 2.24) is 4.90 Å². The predicted molar refractivity (Wildman–Crippen MR) is 84.2 cm³/mol. The van der Waals surface area contributed by atoms with Gasteiger partial charge >= 0.3 is 0 Å². The second-order valence-corrected chi connectivity index (χ2v) is 5.49. The van der Waals surface area contributed by atoms with E-state index in [1.54, 1.807) is 0 Å². The Morgan fingerprint density at radius 1 is 1.15 bits per heavy atom. The smallest absolute Gasteiger partial charge is 0.125 e. The first-order valence-corrected chi connectivity index (χ1v) is 7.60. The molecule has 0 saturated heterocycles. The first-order chi connectivity index (χ1) is 9.53. The molecule has 3 heteroatoms. The molecule has 1 rings (SSSR count). The summed E-state index contributed by atoms with van der Waals surface area (Å²) in [7, 11) is 4.07. The number of para-hydroxylation sites is 1. The fourth-order valence-corrected chi connectivity index (χ4v) is 2.85. The van der Waals surface area contributed by atoms with Crippen molar-refractivity contribution in [2.75, 3.05) is 20.7 Å². The van der Waals surface area contributed by atoms with Gasteiger partial charge in [0.15, 0.2) is 0 Å². The summed E-state index contributed by atoms with van der Waals surface area (Å²) >= 11 is 0. The van der Waals surface area contributed by atoms with E-state index in [0.29, 0.717) is 6.61 Å². The van der Waals surface area contributed by atoms with E-state index >= 15 is 0 Å². The Morgan fingerprint density at radius 2 is 1.75 bits per heavy atom. The molecule has 0 bridgehead atoms. The molecule has 20 heavy (non-hydrogen) atoms. The van der Waals surface area contributed by atoms with Gasteiger partial charge in [0.2, 0.25) is 0 Å². The van der Waals surface area contributed by atoms with Gasteiger partial charge in [0.05, 0.1) is 12.1 Å². The molecule has 0 aliphatic heterocycles. The summed E-state index contributed by atoms with van der Waals surface area (Å²) in [5, 5.41) is 11.0. The maximum Gasteiger partial charge on any atom is 0.125 e. The van der Waals surface area contributed by atoms with Crippen LogP contribution in [-0.2, 0) is 0 Å². The standard InChI is InChI=1S/C17H29NO2/c1-6-13-20-15-12-10-9-11-14(15)16(19)17(7-2,8-3)18(4)5/h9-12,16,19H,6-8,13H2,1-5H3. The Hall–Kier alpha value is -1.06. The Bertz CT molecular complexity index is 400. The first-order valence-electron chi connectivity index (χ1n) is 7.60. The monoisotopic (exact) mass is 279 g/mol. The molecular weight excluding hydrogens is 250 g/mol. The number of benzene rings is 1. The van der Waals surface area contributed by atoms with E-state index < -0.39 is 6.10 Å². The minimum Gasteiger partial charge on any atom is -0.493 e. The van der Waals surface area contributed by atoms with Crippen molar-refractivity contribution in [3.63, 3.8) is 0 Å². The van der Waals surface area contributed by atoms with Gasteiger partial charge in [-0.3, -0.25) is 0 Å². The van der Waals surface area contributed by atoms with Gasteiger partial charge in [0.25, 0.3) is 0 Å². The van der Waals surface area contributed by atoms with Crippen LogP contribution in [-0.4, -0.2) is 36.2 Å². The van der Waals surface area contributed by atoms with E-state index in [1.807, 2.05) is 38.4 Å². The van der Waals surface area contributed by atoms with Gasteiger partial charge in [0.1, 0.15) is 11.9 Å². The molecule has 0 heterocycles. The van der Waals surface area contributed by atoms with Crippen LogP contribution < -0.4 is 4.74 Å². The fraction of sp³-hybridized carbons (Fsp3) is 0.647. The minimum atomic E-state index is -0.555. The van der Waals surface area contributed by atoms with Crippen molar-refractivity contribution < 1.29 is 9.84 Å². The molecule has 0 saturated carbocycles. The Kier molecular flexibility index (Phi) is 6.50. The molecule has 1 aromatic rings. The number of rotatable bonds is 8. The van der Waals surface area contributed by atoms with E-state index in [2.05, 4.69) is 25.7 Å². The second-order valence-electron chi connectivity index (χ2n) is 5.49. The SMILES string of the molecule is CCCOc1ccccc1C(O)C(CC)(CC)N(C)C. The number of nitrogens with zero attached hydrogens (tertiary/aromatic N) is 1. The molecule has 0 fully saturated rings. The molecule has 1 unspecified atom stereocenters. The third-order valence-corrected chi connectivity index (χ3v) is 4.30. The highest BCUT2D eigenvalue weighted by atomic mass is 16.5. The van der Waals surface area contributed by atoms with E-state index in [1.165, 1.54) is 0 Å². The molecule has 0 aliphatic carbocycles. The van der Waals surface area contributed by atoms with Crippen LogP contribution in [0.4, 0.5) is 0 Å². The van der Waals surface area contributed by atoms with Crippen LogP contribution in [0.1, 0.15) is 51.7 Å². The average Bonchev–Trinajstić information content (AvgIpc) is 2.46. The minimum absolute atomic E-state index is 0.258. The lowest BCUT2D eigenvalue weighted by Gasteiger charge is -2.43. The lowest BCUT2D eigenvalue weighted by Crippen LogP contribution is -2.48. The van der Waals surface area contributed by atoms with Gasteiger partial charge in [-0.2, -0.15) is 0 Å². The van der Waals surface area contributed by atoms with Gasteiger partial charge < -0.3 is 14.7 Å². The van der Waals surface area contributed by atoms with Crippen LogP contribution >= 0.6 is 0 Å². The predicted octanol–water partition coefficient (Wildman–Crippen LogP) is 3.63. The number of hydrogen-bond donors (Lipinski definition) is 1. The average molecular weight is 279 g/mol. The number of likely N-dealkylation sites (N-methyl/N-ethyl adjacent to an activating group) is 1. The third-order valence-electron chi connectivity index (χ3n) is 4.30. The second kappa shape index (κ2) is 7.65. The van der Waals surface area contributed by atoms with E-state index in [4.69, 9.17) is 4.74 Å².